The van der Waals surface area contributed by atoms with Gasteiger partial charge in [0, 0.05) is 15.5 Å². The Labute approximate surface area is 162 Å². The van der Waals surface area contributed by atoms with Gasteiger partial charge in [0.05, 0.1) is 12.2 Å². The summed E-state index contributed by atoms with van der Waals surface area (Å²) < 4.78 is 5.27. The van der Waals surface area contributed by atoms with E-state index in [0.29, 0.717) is 27.8 Å². The first-order valence-corrected chi connectivity index (χ1v) is 10.2. The van der Waals surface area contributed by atoms with Gasteiger partial charge in [-0.05, 0) is 56.4 Å². The molecule has 26 heavy (non-hydrogen) atoms. The molecule has 6 heteroatoms. The second-order valence-corrected chi connectivity index (χ2v) is 7.85. The maximum atomic E-state index is 12.6. The number of ether oxygens (including phenoxy) is 1. The van der Waals surface area contributed by atoms with E-state index in [4.69, 9.17) is 16.3 Å². The predicted molar refractivity (Wildman–Crippen MR) is 106 cm³/mol. The summed E-state index contributed by atoms with van der Waals surface area (Å²) in [4.78, 5) is 26.4. The summed E-state index contributed by atoms with van der Waals surface area (Å²) in [7, 11) is 0. The monoisotopic (exact) mass is 391 g/mol. The van der Waals surface area contributed by atoms with Crippen molar-refractivity contribution in [1.82, 2.24) is 0 Å². The number of nitrogens with one attached hydrogen (secondary N) is 1. The molecule has 1 heterocycles. The van der Waals surface area contributed by atoms with E-state index in [-0.39, 0.29) is 11.9 Å². The molecular formula is C20H22ClNO3S. The molecule has 0 fully saturated rings. The Bertz CT molecular complexity index is 815. The molecule has 0 saturated heterocycles. The van der Waals surface area contributed by atoms with Crippen LogP contribution in [-0.2, 0) is 17.6 Å². The quantitative estimate of drug-likeness (QED) is 0.701. The van der Waals surface area contributed by atoms with Crippen LogP contribution in [0, 0.1) is 0 Å². The van der Waals surface area contributed by atoms with Crippen LogP contribution < -0.4 is 5.32 Å². The molecule has 1 aliphatic carbocycles. The first kappa shape index (κ1) is 18.9. The highest BCUT2D eigenvalue weighted by Crippen LogP contribution is 2.37. The van der Waals surface area contributed by atoms with E-state index < -0.39 is 0 Å². The number of aryl methyl sites for hydroxylation is 1. The number of esters is 1. The van der Waals surface area contributed by atoms with Crippen molar-refractivity contribution in [3.8, 4) is 0 Å². The van der Waals surface area contributed by atoms with Gasteiger partial charge in [0.2, 0.25) is 0 Å². The zero-order valence-corrected chi connectivity index (χ0v) is 16.3. The standard InChI is InChI=1S/C20H22ClNO3S/c1-2-25-20(24)17-15-10-5-3-4-6-11-16(15)26-19(17)22-18(23)13-8-7-9-14(21)12-13/h7-9,12H,2-6,10-11H2,1H3,(H,22,23). The van der Waals surface area contributed by atoms with Gasteiger partial charge in [-0.25, -0.2) is 4.79 Å². The van der Waals surface area contributed by atoms with Crippen LogP contribution in [0.15, 0.2) is 24.3 Å². The SMILES string of the molecule is CCOC(=O)c1c(NC(=O)c2cccc(Cl)c2)sc2c1CCCCCC2. The van der Waals surface area contributed by atoms with Crippen LogP contribution in [0.5, 0.6) is 0 Å². The summed E-state index contributed by atoms with van der Waals surface area (Å²) in [6.45, 7) is 2.10. The van der Waals surface area contributed by atoms with E-state index in [1.165, 1.54) is 29.1 Å². The molecule has 138 valence electrons. The van der Waals surface area contributed by atoms with Gasteiger partial charge in [-0.3, -0.25) is 4.79 Å². The lowest BCUT2D eigenvalue weighted by molar-refractivity contribution is 0.0526. The molecule has 1 aromatic heterocycles. The molecule has 3 rings (SSSR count). The van der Waals surface area contributed by atoms with Crippen molar-refractivity contribution in [3.05, 3.63) is 50.9 Å². The maximum absolute atomic E-state index is 12.6. The minimum absolute atomic E-state index is 0.271. The second-order valence-electron chi connectivity index (χ2n) is 6.31. The normalized spacial score (nSPS) is 14.1. The number of halogens is 1. The lowest BCUT2D eigenvalue weighted by Crippen LogP contribution is -2.15. The maximum Gasteiger partial charge on any atom is 0.341 e. The van der Waals surface area contributed by atoms with Gasteiger partial charge in [0.25, 0.3) is 5.91 Å². The van der Waals surface area contributed by atoms with Gasteiger partial charge in [0.1, 0.15) is 5.00 Å². The van der Waals surface area contributed by atoms with Crippen LogP contribution in [0.25, 0.3) is 0 Å². The summed E-state index contributed by atoms with van der Waals surface area (Å²) in [6.07, 6.45) is 6.33. The van der Waals surface area contributed by atoms with Crippen LogP contribution >= 0.6 is 22.9 Å². The molecule has 4 nitrogen and oxygen atoms in total. The van der Waals surface area contributed by atoms with Crippen LogP contribution in [0.3, 0.4) is 0 Å². The third-order valence-corrected chi connectivity index (χ3v) is 5.91. The third-order valence-electron chi connectivity index (χ3n) is 4.46. The first-order chi connectivity index (χ1) is 12.6. The van der Waals surface area contributed by atoms with E-state index in [2.05, 4.69) is 5.32 Å². The molecule has 0 radical (unpaired) electrons. The smallest absolute Gasteiger partial charge is 0.341 e. The summed E-state index contributed by atoms with van der Waals surface area (Å²) in [6, 6.07) is 6.77. The molecule has 1 aromatic carbocycles. The second kappa shape index (κ2) is 8.69. The minimum atomic E-state index is -0.355. The van der Waals surface area contributed by atoms with Crippen molar-refractivity contribution in [1.29, 1.82) is 0 Å². The van der Waals surface area contributed by atoms with Crippen molar-refractivity contribution < 1.29 is 14.3 Å². The number of benzene rings is 1. The summed E-state index contributed by atoms with van der Waals surface area (Å²) in [5.74, 6) is -0.626. The Morgan fingerprint density at radius 1 is 1.19 bits per heavy atom. The highest BCUT2D eigenvalue weighted by molar-refractivity contribution is 7.17. The lowest BCUT2D eigenvalue weighted by Gasteiger charge is -2.11. The molecule has 0 aliphatic heterocycles. The van der Waals surface area contributed by atoms with Crippen LogP contribution in [0.4, 0.5) is 5.00 Å². The van der Waals surface area contributed by atoms with E-state index in [0.717, 1.165) is 31.2 Å². The van der Waals surface area contributed by atoms with E-state index in [9.17, 15) is 9.59 Å². The number of rotatable bonds is 4. The first-order valence-electron chi connectivity index (χ1n) is 8.98. The molecule has 0 unspecified atom stereocenters. The number of hydrogen-bond donors (Lipinski definition) is 1. The number of thiophene rings is 1. The van der Waals surface area contributed by atoms with Gasteiger partial charge in [0.15, 0.2) is 0 Å². The molecule has 2 aromatic rings. The van der Waals surface area contributed by atoms with Crippen molar-refractivity contribution in [2.75, 3.05) is 11.9 Å². The molecule has 0 spiro atoms. The van der Waals surface area contributed by atoms with Gasteiger partial charge in [-0.1, -0.05) is 30.5 Å². The van der Waals surface area contributed by atoms with Gasteiger partial charge in [-0.2, -0.15) is 0 Å². The Morgan fingerprint density at radius 3 is 2.69 bits per heavy atom. The molecule has 0 bridgehead atoms. The number of carbonyl (C=O) groups is 2. The Hall–Kier alpha value is -1.85. The Kier molecular flexibility index (Phi) is 6.33. The fourth-order valence-corrected chi connectivity index (χ4v) is 4.69. The minimum Gasteiger partial charge on any atom is -0.462 e. The molecule has 0 atom stereocenters. The third kappa shape index (κ3) is 4.27. The summed E-state index contributed by atoms with van der Waals surface area (Å²) in [5.41, 5.74) is 2.05. The molecule has 0 saturated carbocycles. The van der Waals surface area contributed by atoms with Crippen LogP contribution in [-0.4, -0.2) is 18.5 Å². The van der Waals surface area contributed by atoms with E-state index >= 15 is 0 Å². The van der Waals surface area contributed by atoms with E-state index in [1.54, 1.807) is 31.2 Å². The number of anilines is 1. The highest BCUT2D eigenvalue weighted by atomic mass is 35.5. The Balaban J connectivity index is 1.95. The number of amides is 1. The zero-order chi connectivity index (χ0) is 18.5. The Morgan fingerprint density at radius 2 is 1.96 bits per heavy atom. The molecule has 1 amide bonds. The summed E-state index contributed by atoms with van der Waals surface area (Å²) >= 11 is 7.48. The zero-order valence-electron chi connectivity index (χ0n) is 14.8. The van der Waals surface area contributed by atoms with Gasteiger partial charge in [-0.15, -0.1) is 11.3 Å². The van der Waals surface area contributed by atoms with Crippen molar-refractivity contribution >= 4 is 39.8 Å². The van der Waals surface area contributed by atoms with Gasteiger partial charge >= 0.3 is 5.97 Å². The van der Waals surface area contributed by atoms with Crippen molar-refractivity contribution in [3.63, 3.8) is 0 Å². The fraction of sp³-hybridized carbons (Fsp3) is 0.400. The molecule has 1 N–H and O–H groups in total. The van der Waals surface area contributed by atoms with Crippen molar-refractivity contribution in [2.45, 2.75) is 45.4 Å². The lowest BCUT2D eigenvalue weighted by atomic mass is 9.96. The largest absolute Gasteiger partial charge is 0.462 e. The number of hydrogen-bond acceptors (Lipinski definition) is 4. The van der Waals surface area contributed by atoms with Gasteiger partial charge < -0.3 is 10.1 Å². The predicted octanol–water partition coefficient (Wildman–Crippen LogP) is 5.49. The number of carbonyl (C=O) groups excluding carboxylic acids is 2. The average molecular weight is 392 g/mol. The van der Waals surface area contributed by atoms with Crippen LogP contribution in [0.1, 0.15) is 63.8 Å². The van der Waals surface area contributed by atoms with E-state index in [1.807, 2.05) is 0 Å². The average Bonchev–Trinajstić information content (AvgIpc) is 2.91. The topological polar surface area (TPSA) is 55.4 Å². The molecular weight excluding hydrogens is 370 g/mol. The molecule has 1 aliphatic rings. The summed E-state index contributed by atoms with van der Waals surface area (Å²) in [5, 5.41) is 4.00. The number of fused-ring (bicyclic) bond motifs is 1. The van der Waals surface area contributed by atoms with Crippen LogP contribution in [0.2, 0.25) is 5.02 Å². The fourth-order valence-electron chi connectivity index (χ4n) is 3.23. The van der Waals surface area contributed by atoms with Crippen molar-refractivity contribution in [2.24, 2.45) is 0 Å². The highest BCUT2D eigenvalue weighted by Gasteiger charge is 2.26.